The summed E-state index contributed by atoms with van der Waals surface area (Å²) in [5, 5.41) is 11.2. The number of hydrogen-bond donors (Lipinski definition) is 0. The van der Waals surface area contributed by atoms with Gasteiger partial charge < -0.3 is 4.74 Å². The number of Topliss-reactive ketones (excluding diaryl/α,β-unsaturated/α-hetero) is 1. The van der Waals surface area contributed by atoms with Crippen molar-refractivity contribution in [2.24, 2.45) is 0 Å². The number of nitro benzene ring substituents is 1. The summed E-state index contributed by atoms with van der Waals surface area (Å²) in [6.45, 7) is 0. The van der Waals surface area contributed by atoms with E-state index in [1.807, 2.05) is 0 Å². The van der Waals surface area contributed by atoms with Gasteiger partial charge in [0, 0.05) is 30.0 Å². The van der Waals surface area contributed by atoms with E-state index in [0.717, 1.165) is 0 Å². The lowest BCUT2D eigenvalue weighted by Gasteiger charge is -2.12. The number of nitrogens with zero attached hydrogens (tertiary/aromatic N) is 1. The molecule has 1 aliphatic rings. The second kappa shape index (κ2) is 4.71. The molecular weight excluding hydrogens is 246 g/mol. The van der Waals surface area contributed by atoms with Gasteiger partial charge in [-0.1, -0.05) is 11.6 Å². The first-order valence-corrected chi connectivity index (χ1v) is 5.56. The summed E-state index contributed by atoms with van der Waals surface area (Å²) in [6.07, 6.45) is 1.10. The summed E-state index contributed by atoms with van der Waals surface area (Å²) in [7, 11) is 0. The van der Waals surface area contributed by atoms with Gasteiger partial charge in [-0.25, -0.2) is 0 Å². The highest BCUT2D eigenvalue weighted by molar-refractivity contribution is 6.30. The summed E-state index contributed by atoms with van der Waals surface area (Å²) in [5.74, 6) is 0.252. The Morgan fingerprint density at radius 1 is 1.47 bits per heavy atom. The molecule has 1 aromatic rings. The molecule has 0 spiro atoms. The molecule has 0 radical (unpaired) electrons. The van der Waals surface area contributed by atoms with E-state index >= 15 is 0 Å². The molecule has 0 saturated heterocycles. The predicted octanol–water partition coefficient (Wildman–Crippen LogP) is 2.75. The Bertz CT molecular complexity index is 475. The molecule has 0 bridgehead atoms. The van der Waals surface area contributed by atoms with Crippen LogP contribution in [-0.2, 0) is 4.79 Å². The molecule has 1 atom stereocenters. The zero-order valence-electron chi connectivity index (χ0n) is 8.89. The summed E-state index contributed by atoms with van der Waals surface area (Å²) in [5.41, 5.74) is -0.131. The molecule has 2 rings (SSSR count). The van der Waals surface area contributed by atoms with E-state index in [1.54, 1.807) is 0 Å². The molecular formula is C11H10ClNO4. The molecule has 0 N–H and O–H groups in total. The highest BCUT2D eigenvalue weighted by atomic mass is 35.5. The average molecular weight is 256 g/mol. The molecule has 90 valence electrons. The minimum atomic E-state index is -0.525. The number of carbonyl (C=O) groups is 1. The number of nitro groups is 1. The van der Waals surface area contributed by atoms with Gasteiger partial charge in [-0.2, -0.15) is 0 Å². The predicted molar refractivity (Wildman–Crippen MR) is 61.4 cm³/mol. The Morgan fingerprint density at radius 2 is 2.24 bits per heavy atom. The number of hydrogen-bond acceptors (Lipinski definition) is 4. The highest BCUT2D eigenvalue weighted by Gasteiger charge is 2.26. The zero-order valence-corrected chi connectivity index (χ0v) is 9.64. The minimum Gasteiger partial charge on any atom is -0.483 e. The molecule has 1 saturated carbocycles. The van der Waals surface area contributed by atoms with Crippen LogP contribution < -0.4 is 4.74 Å². The van der Waals surface area contributed by atoms with Crippen molar-refractivity contribution in [1.29, 1.82) is 0 Å². The fourth-order valence-electron chi connectivity index (χ4n) is 1.79. The lowest BCUT2D eigenvalue weighted by atomic mass is 10.2. The first kappa shape index (κ1) is 11.9. The monoisotopic (exact) mass is 255 g/mol. The van der Waals surface area contributed by atoms with Crippen LogP contribution in [0.15, 0.2) is 18.2 Å². The first-order valence-electron chi connectivity index (χ1n) is 5.18. The smallest absolute Gasteiger partial charge is 0.311 e. The van der Waals surface area contributed by atoms with Crippen LogP contribution in [0.4, 0.5) is 5.69 Å². The molecule has 1 aliphatic carbocycles. The zero-order chi connectivity index (χ0) is 12.4. The second-order valence-electron chi connectivity index (χ2n) is 3.89. The Hall–Kier alpha value is -1.62. The Kier molecular flexibility index (Phi) is 3.28. The lowest BCUT2D eigenvalue weighted by molar-refractivity contribution is -0.386. The van der Waals surface area contributed by atoms with Gasteiger partial charge in [0.2, 0.25) is 0 Å². The van der Waals surface area contributed by atoms with Crippen LogP contribution in [-0.4, -0.2) is 16.8 Å². The Balaban J connectivity index is 2.21. The van der Waals surface area contributed by atoms with Crippen LogP contribution in [0.2, 0.25) is 5.02 Å². The van der Waals surface area contributed by atoms with Crippen LogP contribution in [0.5, 0.6) is 5.75 Å². The van der Waals surface area contributed by atoms with Crippen molar-refractivity contribution in [2.45, 2.75) is 25.4 Å². The number of ketones is 1. The molecule has 0 aromatic heterocycles. The molecule has 0 heterocycles. The molecule has 0 aliphatic heterocycles. The third kappa shape index (κ3) is 2.74. The quantitative estimate of drug-likeness (QED) is 0.615. The van der Waals surface area contributed by atoms with E-state index < -0.39 is 4.92 Å². The van der Waals surface area contributed by atoms with Gasteiger partial charge >= 0.3 is 5.69 Å². The van der Waals surface area contributed by atoms with Crippen molar-refractivity contribution >= 4 is 23.1 Å². The molecule has 6 heteroatoms. The van der Waals surface area contributed by atoms with Crippen LogP contribution >= 0.6 is 11.6 Å². The van der Waals surface area contributed by atoms with Crippen LogP contribution in [0, 0.1) is 10.1 Å². The number of benzene rings is 1. The second-order valence-corrected chi connectivity index (χ2v) is 4.33. The van der Waals surface area contributed by atoms with E-state index in [1.165, 1.54) is 18.2 Å². The summed E-state index contributed by atoms with van der Waals surface area (Å²) >= 11 is 5.77. The fourth-order valence-corrected chi connectivity index (χ4v) is 1.96. The van der Waals surface area contributed by atoms with Crippen molar-refractivity contribution in [3.63, 3.8) is 0 Å². The van der Waals surface area contributed by atoms with E-state index in [4.69, 9.17) is 16.3 Å². The average Bonchev–Trinajstić information content (AvgIpc) is 2.63. The lowest BCUT2D eigenvalue weighted by Crippen LogP contribution is -2.13. The Labute approximate surface area is 102 Å². The molecule has 1 fully saturated rings. The van der Waals surface area contributed by atoms with Gasteiger partial charge in [0.25, 0.3) is 0 Å². The van der Waals surface area contributed by atoms with Gasteiger partial charge in [0.15, 0.2) is 5.75 Å². The maximum Gasteiger partial charge on any atom is 0.311 e. The van der Waals surface area contributed by atoms with Gasteiger partial charge in [-0.05, 0) is 12.5 Å². The van der Waals surface area contributed by atoms with Crippen LogP contribution in [0.1, 0.15) is 19.3 Å². The van der Waals surface area contributed by atoms with Gasteiger partial charge in [0.1, 0.15) is 11.9 Å². The largest absolute Gasteiger partial charge is 0.483 e. The summed E-state index contributed by atoms with van der Waals surface area (Å²) < 4.78 is 5.47. The van der Waals surface area contributed by atoms with Crippen LogP contribution in [0.25, 0.3) is 0 Å². The number of carbonyl (C=O) groups excluding carboxylic acids is 1. The highest BCUT2D eigenvalue weighted by Crippen LogP contribution is 2.32. The van der Waals surface area contributed by atoms with Crippen molar-refractivity contribution < 1.29 is 14.5 Å². The summed E-state index contributed by atoms with van der Waals surface area (Å²) in [4.78, 5) is 21.4. The third-order valence-corrected chi connectivity index (χ3v) is 2.85. The molecule has 1 unspecified atom stereocenters. The summed E-state index contributed by atoms with van der Waals surface area (Å²) in [6, 6.07) is 4.14. The fraction of sp³-hybridized carbons (Fsp3) is 0.364. The maximum absolute atomic E-state index is 11.1. The molecule has 5 nitrogen and oxygen atoms in total. The number of ether oxygens (including phenoxy) is 1. The molecule has 0 amide bonds. The Morgan fingerprint density at radius 3 is 2.82 bits per heavy atom. The van der Waals surface area contributed by atoms with E-state index in [-0.39, 0.29) is 23.3 Å². The van der Waals surface area contributed by atoms with Crippen LogP contribution in [0.3, 0.4) is 0 Å². The molecule has 1 aromatic carbocycles. The van der Waals surface area contributed by atoms with Gasteiger partial charge in [-0.3, -0.25) is 14.9 Å². The van der Waals surface area contributed by atoms with Crippen molar-refractivity contribution in [2.75, 3.05) is 0 Å². The van der Waals surface area contributed by atoms with E-state index in [0.29, 0.717) is 24.3 Å². The van der Waals surface area contributed by atoms with Gasteiger partial charge in [-0.15, -0.1) is 0 Å². The number of halogens is 1. The van der Waals surface area contributed by atoms with E-state index in [9.17, 15) is 14.9 Å². The third-order valence-electron chi connectivity index (χ3n) is 2.61. The van der Waals surface area contributed by atoms with Crippen molar-refractivity contribution in [1.82, 2.24) is 0 Å². The van der Waals surface area contributed by atoms with Gasteiger partial charge in [0.05, 0.1) is 4.92 Å². The molecule has 17 heavy (non-hydrogen) atoms. The maximum atomic E-state index is 11.1. The van der Waals surface area contributed by atoms with E-state index in [2.05, 4.69) is 0 Å². The van der Waals surface area contributed by atoms with Crippen molar-refractivity contribution in [3.8, 4) is 5.75 Å². The minimum absolute atomic E-state index is 0.125. The number of rotatable bonds is 3. The van der Waals surface area contributed by atoms with Crippen molar-refractivity contribution in [3.05, 3.63) is 33.3 Å². The standard InChI is InChI=1S/C11H10ClNO4/c12-7-1-4-10(13(15)16)11(5-7)17-9-3-2-8(14)6-9/h1,4-5,9H,2-3,6H2. The SMILES string of the molecule is O=C1CCC(Oc2cc(Cl)ccc2[N+](=O)[O-])C1. The normalized spacial score (nSPS) is 19.4. The topological polar surface area (TPSA) is 69.4 Å². The first-order chi connectivity index (χ1) is 8.06.